The van der Waals surface area contributed by atoms with Gasteiger partial charge in [0, 0.05) is 30.5 Å². The molecule has 1 aromatic heterocycles. The van der Waals surface area contributed by atoms with Crippen molar-refractivity contribution in [1.29, 1.82) is 0 Å². The molecule has 0 aliphatic heterocycles. The second-order valence-electron chi connectivity index (χ2n) is 6.01. The predicted molar refractivity (Wildman–Crippen MR) is 107 cm³/mol. The summed E-state index contributed by atoms with van der Waals surface area (Å²) in [6.07, 6.45) is 0.436. The van der Waals surface area contributed by atoms with Crippen LogP contribution in [0.4, 0.5) is 4.39 Å². The van der Waals surface area contributed by atoms with Gasteiger partial charge in [-0.25, -0.2) is 17.8 Å². The normalized spacial score (nSPS) is 11.9. The van der Waals surface area contributed by atoms with Crippen LogP contribution in [0, 0.1) is 5.82 Å². The average Bonchev–Trinajstić information content (AvgIpc) is 3.13. The third-order valence-corrected chi connectivity index (χ3v) is 7.26. The molecular formula is C20H21FN2O2S2. The van der Waals surface area contributed by atoms with Gasteiger partial charge in [-0.15, -0.1) is 11.3 Å². The minimum absolute atomic E-state index is 0.236. The van der Waals surface area contributed by atoms with E-state index < -0.39 is 10.0 Å². The molecule has 0 amide bonds. The molecule has 4 nitrogen and oxygen atoms in total. The van der Waals surface area contributed by atoms with Crippen LogP contribution in [0.3, 0.4) is 0 Å². The Hall–Kier alpha value is -2.09. The number of nitrogens with zero attached hydrogens (tertiary/aromatic N) is 2. The molecule has 2 aromatic carbocycles. The number of hydrogen-bond acceptors (Lipinski definition) is 4. The van der Waals surface area contributed by atoms with E-state index >= 15 is 0 Å². The van der Waals surface area contributed by atoms with E-state index in [-0.39, 0.29) is 10.7 Å². The Kier molecular flexibility index (Phi) is 6.04. The first-order valence-corrected chi connectivity index (χ1v) is 11.1. The third kappa shape index (κ3) is 4.26. The van der Waals surface area contributed by atoms with E-state index in [2.05, 4.69) is 4.98 Å². The quantitative estimate of drug-likeness (QED) is 0.580. The zero-order valence-corrected chi connectivity index (χ0v) is 16.9. The van der Waals surface area contributed by atoms with Gasteiger partial charge in [-0.2, -0.15) is 4.31 Å². The van der Waals surface area contributed by atoms with Crippen molar-refractivity contribution >= 4 is 21.4 Å². The first kappa shape index (κ1) is 19.7. The maximum atomic E-state index is 13.8. The van der Waals surface area contributed by atoms with Crippen LogP contribution in [-0.4, -0.2) is 30.8 Å². The highest BCUT2D eigenvalue weighted by atomic mass is 32.2. The van der Waals surface area contributed by atoms with Crippen molar-refractivity contribution in [2.24, 2.45) is 0 Å². The van der Waals surface area contributed by atoms with Crippen molar-refractivity contribution in [3.63, 3.8) is 0 Å². The van der Waals surface area contributed by atoms with Crippen molar-refractivity contribution in [2.45, 2.75) is 25.2 Å². The smallest absolute Gasteiger partial charge is 0.241 e. The highest BCUT2D eigenvalue weighted by Gasteiger charge is 2.21. The molecule has 0 saturated heterocycles. The summed E-state index contributed by atoms with van der Waals surface area (Å²) >= 11 is 1.47. The standard InChI is InChI=1S/C20H21FN2O2S2/c1-3-23(4-2)27(24,25)17-11-9-15(10-12-17)19-14-26-20(22-19)13-16-7-5-6-8-18(16)21/h5-12,14H,3-4,13H2,1-2H3. The monoisotopic (exact) mass is 404 g/mol. The minimum Gasteiger partial charge on any atom is -0.241 e. The summed E-state index contributed by atoms with van der Waals surface area (Å²) in [5.41, 5.74) is 2.21. The molecule has 1 heterocycles. The van der Waals surface area contributed by atoms with Crippen molar-refractivity contribution in [3.8, 4) is 11.3 Å². The van der Waals surface area contributed by atoms with Crippen LogP contribution in [0.5, 0.6) is 0 Å². The van der Waals surface area contributed by atoms with Crippen LogP contribution in [0.2, 0.25) is 0 Å². The third-order valence-electron chi connectivity index (χ3n) is 4.34. The highest BCUT2D eigenvalue weighted by molar-refractivity contribution is 7.89. The van der Waals surface area contributed by atoms with Crippen LogP contribution < -0.4 is 0 Å². The van der Waals surface area contributed by atoms with Crippen LogP contribution in [0.1, 0.15) is 24.4 Å². The molecule has 0 radical (unpaired) electrons. The van der Waals surface area contributed by atoms with Crippen molar-refractivity contribution in [2.75, 3.05) is 13.1 Å². The molecular weight excluding hydrogens is 383 g/mol. The maximum Gasteiger partial charge on any atom is 0.243 e. The van der Waals surface area contributed by atoms with Gasteiger partial charge in [0.2, 0.25) is 10.0 Å². The number of hydrogen-bond donors (Lipinski definition) is 0. The van der Waals surface area contributed by atoms with E-state index in [4.69, 9.17) is 0 Å². The van der Waals surface area contributed by atoms with Crippen LogP contribution in [-0.2, 0) is 16.4 Å². The summed E-state index contributed by atoms with van der Waals surface area (Å²) in [7, 11) is -3.47. The molecule has 3 rings (SSSR count). The zero-order valence-electron chi connectivity index (χ0n) is 15.2. The maximum absolute atomic E-state index is 13.8. The predicted octanol–water partition coefficient (Wildman–Crippen LogP) is 4.57. The first-order valence-electron chi connectivity index (χ1n) is 8.74. The first-order chi connectivity index (χ1) is 13.0. The van der Waals surface area contributed by atoms with E-state index in [1.54, 1.807) is 36.4 Å². The fourth-order valence-corrected chi connectivity index (χ4v) is 5.12. The lowest BCUT2D eigenvalue weighted by Crippen LogP contribution is -2.30. The average molecular weight is 405 g/mol. The summed E-state index contributed by atoms with van der Waals surface area (Å²) in [4.78, 5) is 4.84. The van der Waals surface area contributed by atoms with Crippen molar-refractivity contribution < 1.29 is 12.8 Å². The Morgan fingerprint density at radius 1 is 1.04 bits per heavy atom. The number of benzene rings is 2. The topological polar surface area (TPSA) is 50.3 Å². The highest BCUT2D eigenvalue weighted by Crippen LogP contribution is 2.26. The Bertz CT molecular complexity index is 1010. The largest absolute Gasteiger partial charge is 0.243 e. The van der Waals surface area contributed by atoms with Gasteiger partial charge in [0.05, 0.1) is 15.6 Å². The molecule has 142 valence electrons. The van der Waals surface area contributed by atoms with Crippen molar-refractivity contribution in [3.05, 3.63) is 70.3 Å². The van der Waals surface area contributed by atoms with E-state index in [9.17, 15) is 12.8 Å². The number of halogens is 1. The molecule has 0 atom stereocenters. The molecule has 3 aromatic rings. The van der Waals surface area contributed by atoms with Gasteiger partial charge in [-0.05, 0) is 23.8 Å². The van der Waals surface area contributed by atoms with Crippen LogP contribution in [0.25, 0.3) is 11.3 Å². The van der Waals surface area contributed by atoms with E-state index in [0.29, 0.717) is 25.1 Å². The lowest BCUT2D eigenvalue weighted by atomic mass is 10.1. The fraction of sp³-hybridized carbons (Fsp3) is 0.250. The molecule has 0 aliphatic rings. The molecule has 0 fully saturated rings. The molecule has 0 unspecified atom stereocenters. The summed E-state index contributed by atoms with van der Waals surface area (Å²) in [6, 6.07) is 13.4. The molecule has 0 spiro atoms. The van der Waals surface area contributed by atoms with Gasteiger partial charge in [-0.3, -0.25) is 0 Å². The van der Waals surface area contributed by atoms with Gasteiger partial charge in [0.15, 0.2) is 0 Å². The van der Waals surface area contributed by atoms with Gasteiger partial charge < -0.3 is 0 Å². The van der Waals surface area contributed by atoms with E-state index in [1.807, 2.05) is 25.3 Å². The van der Waals surface area contributed by atoms with Crippen LogP contribution in [0.15, 0.2) is 58.8 Å². The number of thiazole rings is 1. The van der Waals surface area contributed by atoms with Crippen molar-refractivity contribution in [1.82, 2.24) is 9.29 Å². The SMILES string of the molecule is CCN(CC)S(=O)(=O)c1ccc(-c2csc(Cc3ccccc3F)n2)cc1. The summed E-state index contributed by atoms with van der Waals surface area (Å²) < 4.78 is 40.3. The molecule has 0 bridgehead atoms. The minimum atomic E-state index is -3.47. The molecule has 7 heteroatoms. The van der Waals surface area contributed by atoms with Gasteiger partial charge in [0.1, 0.15) is 5.82 Å². The Morgan fingerprint density at radius 3 is 2.33 bits per heavy atom. The second kappa shape index (κ2) is 8.29. The summed E-state index contributed by atoms with van der Waals surface area (Å²) in [5, 5.41) is 2.72. The lowest BCUT2D eigenvalue weighted by Gasteiger charge is -2.18. The molecule has 0 aliphatic carbocycles. The zero-order chi connectivity index (χ0) is 19.4. The van der Waals surface area contributed by atoms with Gasteiger partial charge in [0.25, 0.3) is 0 Å². The van der Waals surface area contributed by atoms with Gasteiger partial charge >= 0.3 is 0 Å². The summed E-state index contributed by atoms with van der Waals surface area (Å²) in [5.74, 6) is -0.236. The summed E-state index contributed by atoms with van der Waals surface area (Å²) in [6.45, 7) is 4.52. The Balaban J connectivity index is 1.80. The Labute approximate surface area is 163 Å². The number of aromatic nitrogens is 1. The second-order valence-corrected chi connectivity index (χ2v) is 8.89. The van der Waals surface area contributed by atoms with E-state index in [1.165, 1.54) is 21.7 Å². The van der Waals surface area contributed by atoms with E-state index in [0.717, 1.165) is 16.3 Å². The lowest BCUT2D eigenvalue weighted by molar-refractivity contribution is 0.445. The molecule has 27 heavy (non-hydrogen) atoms. The number of rotatable bonds is 7. The van der Waals surface area contributed by atoms with Crippen LogP contribution >= 0.6 is 11.3 Å². The number of sulfonamides is 1. The fourth-order valence-electron chi connectivity index (χ4n) is 2.84. The van der Waals surface area contributed by atoms with Gasteiger partial charge in [-0.1, -0.05) is 44.2 Å². The molecule has 0 N–H and O–H groups in total. The molecule has 0 saturated carbocycles. The Morgan fingerprint density at radius 2 is 1.70 bits per heavy atom.